The molecule has 0 aliphatic carbocycles. The summed E-state index contributed by atoms with van der Waals surface area (Å²) >= 11 is 3.45. The summed E-state index contributed by atoms with van der Waals surface area (Å²) in [6.45, 7) is 14.1. The van der Waals surface area contributed by atoms with Crippen LogP contribution in [0.1, 0.15) is 15.9 Å². The van der Waals surface area contributed by atoms with E-state index in [-0.39, 0.29) is 11.6 Å². The molecule has 0 aliphatic heterocycles. The third-order valence-electron chi connectivity index (χ3n) is 4.49. The van der Waals surface area contributed by atoms with Crippen molar-refractivity contribution in [3.63, 3.8) is 0 Å². The molecule has 0 saturated carbocycles. The Labute approximate surface area is 176 Å². The van der Waals surface area contributed by atoms with Crippen LogP contribution in [0, 0.1) is 0 Å². The first-order valence-corrected chi connectivity index (χ1v) is 16.8. The number of nitrogen functional groups attached to an aromatic ring is 1. The highest BCUT2D eigenvalue weighted by molar-refractivity contribution is 9.10. The number of carbonyl (C=O) groups is 1. The van der Waals surface area contributed by atoms with Gasteiger partial charge in [0.15, 0.2) is 11.6 Å². The minimum atomic E-state index is -1.62. The van der Waals surface area contributed by atoms with Crippen molar-refractivity contribution >= 4 is 55.2 Å². The highest BCUT2D eigenvalue weighted by Gasteiger charge is 2.35. The summed E-state index contributed by atoms with van der Waals surface area (Å²) in [5.41, 5.74) is 8.82. The Morgan fingerprint density at radius 1 is 1.11 bits per heavy atom. The number of benzene rings is 1. The number of fused-ring (bicyclic) bond motifs is 1. The summed E-state index contributed by atoms with van der Waals surface area (Å²) in [4.78, 5) is 17.4. The number of aromatic nitrogens is 3. The summed E-state index contributed by atoms with van der Waals surface area (Å²) in [6, 6.07) is 9.69. The number of nitrogens with two attached hydrogens (primary N) is 1. The zero-order valence-electron chi connectivity index (χ0n) is 17.1. The van der Waals surface area contributed by atoms with E-state index in [1.54, 1.807) is 10.6 Å². The molecule has 2 heterocycles. The lowest BCUT2D eigenvalue weighted by atomic mass is 10.0. The zero-order valence-corrected chi connectivity index (χ0v) is 20.7. The molecule has 0 aliphatic rings. The molecule has 0 fully saturated rings. The molecule has 28 heavy (non-hydrogen) atoms. The minimum Gasteiger partial charge on any atom is -0.425 e. The Morgan fingerprint density at radius 2 is 1.75 bits per heavy atom. The number of rotatable bonds is 5. The van der Waals surface area contributed by atoms with Crippen molar-refractivity contribution in [1.29, 1.82) is 0 Å². The number of hydrogen-bond donors (Lipinski definition) is 1. The van der Waals surface area contributed by atoms with Crippen molar-refractivity contribution in [3.8, 4) is 0 Å². The monoisotopic (exact) mass is 475 g/mol. The van der Waals surface area contributed by atoms with Crippen LogP contribution in [-0.2, 0) is 0 Å². The molecule has 0 unspecified atom stereocenters. The van der Waals surface area contributed by atoms with E-state index in [0.29, 0.717) is 21.2 Å². The average molecular weight is 477 g/mol. The second-order valence-electron chi connectivity index (χ2n) is 8.84. The molecular formula is C19H26BrN5OSi2. The lowest BCUT2D eigenvalue weighted by Crippen LogP contribution is -2.59. The fraction of sp³-hybridized carbons (Fsp3) is 0.316. The van der Waals surface area contributed by atoms with Crippen molar-refractivity contribution in [2.24, 2.45) is 0 Å². The summed E-state index contributed by atoms with van der Waals surface area (Å²) < 4.78 is 4.86. The van der Waals surface area contributed by atoms with Crippen LogP contribution in [0.15, 0.2) is 41.3 Å². The molecule has 0 radical (unpaired) electrons. The first kappa shape index (κ1) is 20.8. The summed E-state index contributed by atoms with van der Waals surface area (Å²) in [5, 5.41) is 4.18. The lowest BCUT2D eigenvalue weighted by Gasteiger charge is -2.46. The highest BCUT2D eigenvalue weighted by atomic mass is 79.9. The summed E-state index contributed by atoms with van der Waals surface area (Å²) in [5.74, 6) is 0.198. The predicted octanol–water partition coefficient (Wildman–Crippen LogP) is 4.78. The van der Waals surface area contributed by atoms with Crippen LogP contribution in [0.3, 0.4) is 0 Å². The van der Waals surface area contributed by atoms with Gasteiger partial charge in [-0.15, -0.1) is 0 Å². The average Bonchev–Trinajstić information content (AvgIpc) is 2.90. The molecule has 3 aromatic rings. The fourth-order valence-corrected chi connectivity index (χ4v) is 14.3. The van der Waals surface area contributed by atoms with E-state index < -0.39 is 16.5 Å². The van der Waals surface area contributed by atoms with Gasteiger partial charge >= 0.3 is 0 Å². The third kappa shape index (κ3) is 3.78. The van der Waals surface area contributed by atoms with E-state index in [4.69, 9.17) is 5.73 Å². The van der Waals surface area contributed by atoms with E-state index in [0.717, 1.165) is 5.69 Å². The minimum absolute atomic E-state index is 0.0855. The molecule has 148 valence electrons. The molecule has 2 N–H and O–H groups in total. The Morgan fingerprint density at radius 3 is 2.36 bits per heavy atom. The number of ketones is 1. The molecule has 0 saturated heterocycles. The molecule has 0 bridgehead atoms. The number of hydrogen-bond acceptors (Lipinski definition) is 5. The smallest absolute Gasteiger partial charge is 0.195 e. The molecule has 2 aromatic heterocycles. The van der Waals surface area contributed by atoms with Gasteiger partial charge < -0.3 is 9.96 Å². The van der Waals surface area contributed by atoms with Gasteiger partial charge in [-0.25, -0.2) is 9.50 Å². The maximum atomic E-state index is 13.4. The number of anilines is 2. The van der Waals surface area contributed by atoms with Crippen molar-refractivity contribution in [2.45, 2.75) is 39.3 Å². The van der Waals surface area contributed by atoms with Crippen LogP contribution in [0.25, 0.3) is 5.52 Å². The van der Waals surface area contributed by atoms with Gasteiger partial charge in [0.25, 0.3) is 0 Å². The van der Waals surface area contributed by atoms with Crippen molar-refractivity contribution in [2.75, 3.05) is 9.96 Å². The number of nitrogens with zero attached hydrogens (tertiary/aromatic N) is 4. The van der Waals surface area contributed by atoms with Gasteiger partial charge in [-0.1, -0.05) is 51.4 Å². The van der Waals surface area contributed by atoms with Gasteiger partial charge in [-0.05, 0) is 34.1 Å². The van der Waals surface area contributed by atoms with Crippen LogP contribution >= 0.6 is 15.9 Å². The van der Waals surface area contributed by atoms with Crippen LogP contribution in [0.5, 0.6) is 0 Å². The second-order valence-corrected chi connectivity index (χ2v) is 19.7. The van der Waals surface area contributed by atoms with E-state index >= 15 is 0 Å². The van der Waals surface area contributed by atoms with E-state index in [9.17, 15) is 4.79 Å². The topological polar surface area (TPSA) is 76.5 Å². The summed E-state index contributed by atoms with van der Waals surface area (Å²) in [6.07, 6.45) is 1.38. The van der Waals surface area contributed by atoms with Crippen LogP contribution in [0.4, 0.5) is 11.5 Å². The van der Waals surface area contributed by atoms with Gasteiger partial charge in [0.1, 0.15) is 32.9 Å². The standard InChI is InChI=1S/C19H26BrN5OSi2/c1-27(2,3)25(28(4,5)6)14-9-7-8-13(10-14)18(26)15-11-16(20)24-17(15)19(21)22-12-23-24/h7-12H,1-6H3,(H2,21,22,23). The quantitative estimate of drug-likeness (QED) is 0.424. The maximum absolute atomic E-state index is 13.4. The molecule has 9 heteroatoms. The van der Waals surface area contributed by atoms with Gasteiger partial charge in [-0.2, -0.15) is 5.10 Å². The fourth-order valence-electron chi connectivity index (χ4n) is 3.93. The van der Waals surface area contributed by atoms with E-state index in [1.807, 2.05) is 18.2 Å². The largest absolute Gasteiger partial charge is 0.425 e. The van der Waals surface area contributed by atoms with Crippen LogP contribution in [-0.4, -0.2) is 36.9 Å². The van der Waals surface area contributed by atoms with Crippen LogP contribution < -0.4 is 9.96 Å². The number of carbonyl (C=O) groups excluding carboxylic acids is 1. The van der Waals surface area contributed by atoms with E-state index in [1.165, 1.54) is 6.33 Å². The maximum Gasteiger partial charge on any atom is 0.195 e. The Bertz CT molecular complexity index is 1040. The molecule has 0 atom stereocenters. The van der Waals surface area contributed by atoms with Gasteiger partial charge in [0, 0.05) is 11.3 Å². The van der Waals surface area contributed by atoms with Gasteiger partial charge in [0.05, 0.1) is 5.56 Å². The normalized spacial score (nSPS) is 12.4. The second kappa shape index (κ2) is 7.12. The molecule has 6 nitrogen and oxygen atoms in total. The van der Waals surface area contributed by atoms with E-state index in [2.05, 4.69) is 75.6 Å². The zero-order chi connectivity index (χ0) is 20.9. The Kier molecular flexibility index (Phi) is 5.28. The molecule has 3 rings (SSSR count). The molecule has 0 amide bonds. The molecule has 1 aromatic carbocycles. The van der Waals surface area contributed by atoms with Crippen molar-refractivity contribution in [1.82, 2.24) is 14.6 Å². The van der Waals surface area contributed by atoms with Gasteiger partial charge in [0.2, 0.25) is 0 Å². The summed E-state index contributed by atoms with van der Waals surface area (Å²) in [7, 11) is -3.23. The van der Waals surface area contributed by atoms with Gasteiger partial charge in [-0.3, -0.25) is 4.79 Å². The Hall–Kier alpha value is -1.98. The van der Waals surface area contributed by atoms with Crippen LogP contribution in [0.2, 0.25) is 39.3 Å². The first-order valence-electron chi connectivity index (χ1n) is 9.14. The van der Waals surface area contributed by atoms with Crippen molar-refractivity contribution in [3.05, 3.63) is 52.4 Å². The molecular weight excluding hydrogens is 450 g/mol. The number of halogens is 1. The van der Waals surface area contributed by atoms with Crippen molar-refractivity contribution < 1.29 is 4.79 Å². The first-order chi connectivity index (χ1) is 12.9. The third-order valence-corrected chi connectivity index (χ3v) is 12.3. The predicted molar refractivity (Wildman–Crippen MR) is 124 cm³/mol. The Balaban J connectivity index is 2.12. The SMILES string of the molecule is C[Si](C)(C)N(c1cccc(C(=O)c2cc(Br)n3ncnc(N)c23)c1)[Si](C)(C)C. The molecule has 0 spiro atoms. The highest BCUT2D eigenvalue weighted by Crippen LogP contribution is 2.31. The lowest BCUT2D eigenvalue weighted by molar-refractivity contribution is 0.104.